The van der Waals surface area contributed by atoms with Gasteiger partial charge in [0.15, 0.2) is 0 Å². The molecule has 0 aliphatic rings. The zero-order chi connectivity index (χ0) is 15.9. The first-order valence-electron chi connectivity index (χ1n) is 4.46. The van der Waals surface area contributed by atoms with E-state index >= 15 is 0 Å². The van der Waals surface area contributed by atoms with Crippen molar-refractivity contribution in [2.45, 2.75) is 18.7 Å². The van der Waals surface area contributed by atoms with E-state index in [1.165, 1.54) is 0 Å². The van der Waals surface area contributed by atoms with Gasteiger partial charge in [-0.2, -0.15) is 26.3 Å². The molecule has 0 unspecified atom stereocenters. The van der Waals surface area contributed by atoms with E-state index in [0.717, 1.165) is 0 Å². The van der Waals surface area contributed by atoms with E-state index in [4.69, 9.17) is 11.6 Å². The van der Waals surface area contributed by atoms with E-state index in [1.807, 2.05) is 0 Å². The number of alkyl halides is 9. The predicted octanol–water partition coefficient (Wildman–Crippen LogP) is 5.28. The van der Waals surface area contributed by atoms with Gasteiger partial charge in [-0.1, -0.05) is 11.6 Å². The maximum Gasteiger partial charge on any atom is 0.573 e. The second-order valence-corrected chi connectivity index (χ2v) is 3.72. The molecule has 11 heteroatoms. The molecule has 1 rings (SSSR count). The van der Waals surface area contributed by atoms with E-state index in [0.29, 0.717) is 0 Å². The maximum atomic E-state index is 12.6. The van der Waals surface area contributed by atoms with Crippen molar-refractivity contribution in [2.75, 3.05) is 0 Å². The van der Waals surface area contributed by atoms with Gasteiger partial charge in [0, 0.05) is 0 Å². The van der Waals surface area contributed by atoms with Crippen molar-refractivity contribution in [3.05, 3.63) is 28.3 Å². The summed E-state index contributed by atoms with van der Waals surface area (Å²) in [4.78, 5) is 0. The fourth-order valence-electron chi connectivity index (χ4n) is 1.25. The lowest BCUT2D eigenvalue weighted by molar-refractivity contribution is -0.276. The highest BCUT2D eigenvalue weighted by Crippen LogP contribution is 2.47. The Morgan fingerprint density at radius 1 is 0.800 bits per heavy atom. The van der Waals surface area contributed by atoms with Crippen LogP contribution in [0.5, 0.6) is 5.75 Å². The summed E-state index contributed by atoms with van der Waals surface area (Å²) < 4.78 is 114. The molecule has 1 aromatic rings. The van der Waals surface area contributed by atoms with Gasteiger partial charge >= 0.3 is 18.7 Å². The van der Waals surface area contributed by atoms with Crippen molar-refractivity contribution in [1.29, 1.82) is 0 Å². The summed E-state index contributed by atoms with van der Waals surface area (Å²) in [7, 11) is 0. The number of hydrogen-bond donors (Lipinski definition) is 0. The average Bonchev–Trinajstić information content (AvgIpc) is 2.09. The fourth-order valence-corrected chi connectivity index (χ4v) is 1.62. The number of halogens is 10. The molecule has 0 bridgehead atoms. The Balaban J connectivity index is 3.53. The van der Waals surface area contributed by atoms with Gasteiger partial charge in [-0.25, -0.2) is 0 Å². The lowest BCUT2D eigenvalue weighted by atomic mass is 10.1. The van der Waals surface area contributed by atoms with Crippen molar-refractivity contribution >= 4 is 11.6 Å². The zero-order valence-corrected chi connectivity index (χ0v) is 9.60. The number of benzene rings is 1. The molecule has 0 heterocycles. The minimum atomic E-state index is -5.56. The van der Waals surface area contributed by atoms with Crippen molar-refractivity contribution in [2.24, 2.45) is 0 Å². The molecule has 0 N–H and O–H groups in total. The number of ether oxygens (including phenoxy) is 1. The molecule has 0 spiro atoms. The molecule has 0 saturated heterocycles. The van der Waals surface area contributed by atoms with Crippen molar-refractivity contribution < 1.29 is 44.3 Å². The zero-order valence-electron chi connectivity index (χ0n) is 8.84. The molecule has 0 saturated carbocycles. The van der Waals surface area contributed by atoms with Gasteiger partial charge in [-0.15, -0.1) is 13.2 Å². The van der Waals surface area contributed by atoms with Gasteiger partial charge in [0.05, 0.1) is 10.6 Å². The highest BCUT2D eigenvalue weighted by Gasteiger charge is 2.45. The minimum Gasteiger partial charge on any atom is -0.405 e. The molecule has 0 aliphatic carbocycles. The van der Waals surface area contributed by atoms with Gasteiger partial charge < -0.3 is 4.74 Å². The predicted molar refractivity (Wildman–Crippen MR) is 48.1 cm³/mol. The highest BCUT2D eigenvalue weighted by molar-refractivity contribution is 6.32. The van der Waals surface area contributed by atoms with Crippen LogP contribution in [-0.2, 0) is 12.4 Å². The van der Waals surface area contributed by atoms with E-state index in [2.05, 4.69) is 4.74 Å². The summed E-state index contributed by atoms with van der Waals surface area (Å²) in [5, 5.41) is -1.91. The van der Waals surface area contributed by atoms with Crippen LogP contribution in [0.25, 0.3) is 0 Å². The molecule has 0 fully saturated rings. The van der Waals surface area contributed by atoms with Crippen LogP contribution in [0.2, 0.25) is 5.02 Å². The Labute approximate surface area is 109 Å². The molecule has 0 aliphatic heterocycles. The van der Waals surface area contributed by atoms with Gasteiger partial charge in [0.1, 0.15) is 11.3 Å². The summed E-state index contributed by atoms with van der Waals surface area (Å²) in [6, 6.07) is -0.121. The first kappa shape index (κ1) is 16.7. The third kappa shape index (κ3) is 3.84. The number of rotatable bonds is 1. The molecule has 0 radical (unpaired) electrons. The fraction of sp³-hybridized carbons (Fsp3) is 0.333. The molecular weight excluding hydrogens is 331 g/mol. The van der Waals surface area contributed by atoms with Gasteiger partial charge in [0.2, 0.25) is 0 Å². The quantitative estimate of drug-likeness (QED) is 0.636. The molecular formula is C9H2ClF9O. The summed E-state index contributed by atoms with van der Waals surface area (Å²) in [5.41, 5.74) is -4.26. The van der Waals surface area contributed by atoms with Crippen molar-refractivity contribution in [3.8, 4) is 5.75 Å². The van der Waals surface area contributed by atoms with E-state index in [1.54, 1.807) is 0 Å². The van der Waals surface area contributed by atoms with Crippen LogP contribution in [0.3, 0.4) is 0 Å². The average molecular weight is 333 g/mol. The summed E-state index contributed by atoms with van der Waals surface area (Å²) in [6.45, 7) is 0. The minimum absolute atomic E-state index is 0.0291. The van der Waals surface area contributed by atoms with Crippen LogP contribution in [0.15, 0.2) is 12.1 Å². The SMILES string of the molecule is FC(F)(F)Oc1ccc(C(F)(F)F)c(Cl)c1C(F)(F)F. The van der Waals surface area contributed by atoms with Crippen molar-refractivity contribution in [1.82, 2.24) is 0 Å². The Bertz CT molecular complexity index is 500. The van der Waals surface area contributed by atoms with Gasteiger partial charge in [-0.05, 0) is 12.1 Å². The largest absolute Gasteiger partial charge is 0.573 e. The summed E-state index contributed by atoms with van der Waals surface area (Å²) >= 11 is 4.92. The van der Waals surface area contributed by atoms with E-state index in [-0.39, 0.29) is 12.1 Å². The van der Waals surface area contributed by atoms with E-state index < -0.39 is 40.6 Å². The van der Waals surface area contributed by atoms with Crippen LogP contribution >= 0.6 is 11.6 Å². The standard InChI is InChI=1S/C9H2ClF9O/c10-6-3(7(11,12)13)1-2-4(20-9(17,18)19)5(6)8(14,15)16/h1-2H. The second kappa shape index (κ2) is 4.90. The van der Waals surface area contributed by atoms with Crippen LogP contribution in [0, 0.1) is 0 Å². The molecule has 114 valence electrons. The first-order valence-corrected chi connectivity index (χ1v) is 4.84. The third-order valence-corrected chi connectivity index (χ3v) is 2.31. The molecule has 0 aromatic heterocycles. The van der Waals surface area contributed by atoms with Crippen LogP contribution in [-0.4, -0.2) is 6.36 Å². The van der Waals surface area contributed by atoms with Crippen molar-refractivity contribution in [3.63, 3.8) is 0 Å². The molecule has 1 aromatic carbocycles. The second-order valence-electron chi connectivity index (χ2n) is 3.34. The topological polar surface area (TPSA) is 9.23 Å². The summed E-state index contributed by atoms with van der Waals surface area (Å²) in [5.74, 6) is -1.86. The van der Waals surface area contributed by atoms with Crippen LogP contribution < -0.4 is 4.74 Å². The highest BCUT2D eigenvalue weighted by atomic mass is 35.5. The smallest absolute Gasteiger partial charge is 0.405 e. The molecule has 0 amide bonds. The summed E-state index contributed by atoms with van der Waals surface area (Å²) in [6.07, 6.45) is -16.3. The lowest BCUT2D eigenvalue weighted by Crippen LogP contribution is -2.21. The Hall–Kier alpha value is -1.32. The van der Waals surface area contributed by atoms with Crippen LogP contribution in [0.4, 0.5) is 39.5 Å². The molecule has 1 nitrogen and oxygen atoms in total. The Morgan fingerprint density at radius 2 is 1.30 bits per heavy atom. The number of hydrogen-bond acceptors (Lipinski definition) is 1. The van der Waals surface area contributed by atoms with Gasteiger partial charge in [0.25, 0.3) is 0 Å². The lowest BCUT2D eigenvalue weighted by Gasteiger charge is -2.19. The van der Waals surface area contributed by atoms with Crippen LogP contribution in [0.1, 0.15) is 11.1 Å². The molecule has 0 atom stereocenters. The maximum absolute atomic E-state index is 12.6. The monoisotopic (exact) mass is 332 g/mol. The Kier molecular flexibility index (Phi) is 4.10. The normalized spacial score (nSPS) is 13.5. The van der Waals surface area contributed by atoms with Gasteiger partial charge in [-0.3, -0.25) is 0 Å². The first-order chi connectivity index (χ1) is 8.73. The Morgan fingerprint density at radius 3 is 1.65 bits per heavy atom. The molecule has 20 heavy (non-hydrogen) atoms. The third-order valence-electron chi connectivity index (χ3n) is 1.92. The van der Waals surface area contributed by atoms with E-state index in [9.17, 15) is 39.5 Å².